The van der Waals surface area contributed by atoms with Crippen molar-refractivity contribution < 1.29 is 23.8 Å². The van der Waals surface area contributed by atoms with E-state index in [2.05, 4.69) is 0 Å². The Labute approximate surface area is 105 Å². The number of hydrogen-bond acceptors (Lipinski definition) is 7. The van der Waals surface area contributed by atoms with E-state index in [4.69, 9.17) is 9.05 Å². The minimum atomic E-state index is -2.37. The van der Waals surface area contributed by atoms with Crippen LogP contribution >= 0.6 is 8.60 Å². The molecule has 0 aliphatic rings. The van der Waals surface area contributed by atoms with Crippen molar-refractivity contribution in [1.29, 1.82) is 0 Å². The van der Waals surface area contributed by atoms with E-state index < -0.39 is 29.5 Å². The van der Waals surface area contributed by atoms with Gasteiger partial charge in [-0.2, -0.15) is 0 Å². The van der Waals surface area contributed by atoms with Crippen molar-refractivity contribution in [3.05, 3.63) is 20.2 Å². The van der Waals surface area contributed by atoms with E-state index in [0.717, 1.165) is 0 Å². The molecule has 0 aromatic carbocycles. The van der Waals surface area contributed by atoms with Gasteiger partial charge in [0.1, 0.15) is 13.2 Å². The summed E-state index contributed by atoms with van der Waals surface area (Å²) in [6, 6.07) is 0. The topological polar surface area (TPSA) is 125 Å². The third-order valence-electron chi connectivity index (χ3n) is 2.04. The molecular formula is C8H17N2O7P. The summed E-state index contributed by atoms with van der Waals surface area (Å²) in [5, 5.41) is 21.1. The Balaban J connectivity index is 4.11. The van der Waals surface area contributed by atoms with Crippen molar-refractivity contribution in [2.75, 3.05) is 13.2 Å². The minimum absolute atomic E-state index is 0.346. The molecule has 0 unspecified atom stereocenters. The van der Waals surface area contributed by atoms with Crippen LogP contribution < -0.4 is 0 Å². The van der Waals surface area contributed by atoms with Crippen LogP contribution in [0.4, 0.5) is 0 Å². The van der Waals surface area contributed by atoms with Gasteiger partial charge in [-0.3, -0.25) is 20.2 Å². The second-order valence-corrected chi connectivity index (χ2v) is 5.92. The zero-order chi connectivity index (χ0) is 14.6. The molecule has 0 saturated heterocycles. The third kappa shape index (κ3) is 5.63. The Morgan fingerprint density at radius 1 is 1.00 bits per heavy atom. The van der Waals surface area contributed by atoms with Crippen LogP contribution in [0.25, 0.3) is 0 Å². The smallest absolute Gasteiger partial charge is 0.328 e. The molecule has 0 bridgehead atoms. The molecule has 0 amide bonds. The Kier molecular flexibility index (Phi) is 6.01. The van der Waals surface area contributed by atoms with Gasteiger partial charge >= 0.3 is 8.60 Å². The molecule has 0 rings (SSSR count). The molecular weight excluding hydrogens is 267 g/mol. The monoisotopic (exact) mass is 284 g/mol. The van der Waals surface area contributed by atoms with Crippen LogP contribution in [0.3, 0.4) is 0 Å². The quantitative estimate of drug-likeness (QED) is 0.405. The Morgan fingerprint density at radius 3 is 1.50 bits per heavy atom. The lowest BCUT2D eigenvalue weighted by molar-refractivity contribution is -0.564. The fraction of sp³-hybridized carbons (Fsp3) is 1.00. The van der Waals surface area contributed by atoms with E-state index in [1.807, 2.05) is 0 Å². The molecule has 0 aliphatic carbocycles. The minimum Gasteiger partial charge on any atom is -0.328 e. The Morgan fingerprint density at radius 2 is 1.28 bits per heavy atom. The van der Waals surface area contributed by atoms with Gasteiger partial charge in [0.15, 0.2) is 0 Å². The fourth-order valence-corrected chi connectivity index (χ4v) is 1.50. The first kappa shape index (κ1) is 17.1. The van der Waals surface area contributed by atoms with Crippen molar-refractivity contribution >= 4 is 8.60 Å². The van der Waals surface area contributed by atoms with Crippen molar-refractivity contribution in [2.24, 2.45) is 0 Å². The van der Waals surface area contributed by atoms with Crippen LogP contribution in [0.2, 0.25) is 0 Å². The van der Waals surface area contributed by atoms with Crippen molar-refractivity contribution in [3.63, 3.8) is 0 Å². The Bertz CT molecular complexity index is 291. The van der Waals surface area contributed by atoms with Gasteiger partial charge in [0.05, 0.1) is 0 Å². The summed E-state index contributed by atoms with van der Waals surface area (Å²) in [6.07, 6.45) is 0. The van der Waals surface area contributed by atoms with Crippen molar-refractivity contribution in [2.45, 2.75) is 38.8 Å². The van der Waals surface area contributed by atoms with Gasteiger partial charge < -0.3 is 13.9 Å². The summed E-state index contributed by atoms with van der Waals surface area (Å²) in [6.45, 7) is 4.63. The molecule has 0 fully saturated rings. The molecule has 0 aromatic heterocycles. The van der Waals surface area contributed by atoms with Gasteiger partial charge in [-0.15, -0.1) is 0 Å². The molecule has 1 N–H and O–H groups in total. The predicted molar refractivity (Wildman–Crippen MR) is 63.2 cm³/mol. The summed E-state index contributed by atoms with van der Waals surface area (Å²) < 4.78 is 9.55. The summed E-state index contributed by atoms with van der Waals surface area (Å²) in [5.74, 6) is 0. The third-order valence-corrected chi connectivity index (χ3v) is 2.74. The van der Waals surface area contributed by atoms with Crippen LogP contribution in [0.15, 0.2) is 0 Å². The highest BCUT2D eigenvalue weighted by molar-refractivity contribution is 7.40. The second-order valence-electron chi connectivity index (χ2n) is 4.92. The van der Waals surface area contributed by atoms with E-state index in [9.17, 15) is 25.1 Å². The number of nitrogens with zero attached hydrogens (tertiary/aromatic N) is 2. The molecule has 0 aliphatic heterocycles. The summed E-state index contributed by atoms with van der Waals surface area (Å²) in [7, 11) is -2.37. The van der Waals surface area contributed by atoms with Gasteiger partial charge in [0.2, 0.25) is 11.1 Å². The van der Waals surface area contributed by atoms with E-state index in [1.54, 1.807) is 0 Å². The highest BCUT2D eigenvalue weighted by Crippen LogP contribution is 2.35. The van der Waals surface area contributed by atoms with Crippen molar-refractivity contribution in [3.8, 4) is 0 Å². The SMILES string of the molecule is CC(C)(COP(O)OCC(C)(C)[N+](=O)[O-])[N+](=O)[O-]. The first-order chi connectivity index (χ1) is 7.99. The molecule has 0 saturated carbocycles. The van der Waals surface area contributed by atoms with Crippen LogP contribution in [0, 0.1) is 20.2 Å². The molecule has 0 atom stereocenters. The molecule has 10 heteroatoms. The molecule has 0 aromatic rings. The molecule has 0 radical (unpaired) electrons. The molecule has 0 spiro atoms. The molecule has 0 heterocycles. The van der Waals surface area contributed by atoms with Crippen LogP contribution in [0.5, 0.6) is 0 Å². The largest absolute Gasteiger partial charge is 0.330 e. The lowest BCUT2D eigenvalue weighted by atomic mass is 10.1. The zero-order valence-electron chi connectivity index (χ0n) is 10.7. The molecule has 106 valence electrons. The number of rotatable bonds is 8. The first-order valence-corrected chi connectivity index (χ1v) is 6.16. The van der Waals surface area contributed by atoms with Gasteiger partial charge in [0, 0.05) is 37.5 Å². The normalized spacial score (nSPS) is 12.8. The summed E-state index contributed by atoms with van der Waals surface area (Å²) >= 11 is 0. The van der Waals surface area contributed by atoms with Gasteiger partial charge in [0.25, 0.3) is 0 Å². The standard InChI is InChI=1S/C8H17N2O7P/c1-7(2,9(11)12)5-16-18(15)17-6-8(3,4)10(13)14/h15H,5-6H2,1-4H3. The van der Waals surface area contributed by atoms with Gasteiger partial charge in [-0.05, 0) is 0 Å². The predicted octanol–water partition coefficient (Wildman–Crippen LogP) is 1.35. The Hall–Kier alpha value is -0.890. The van der Waals surface area contributed by atoms with Crippen LogP contribution in [-0.2, 0) is 9.05 Å². The highest BCUT2D eigenvalue weighted by atomic mass is 31.2. The second kappa shape index (κ2) is 6.33. The average molecular weight is 284 g/mol. The van der Waals surface area contributed by atoms with E-state index in [0.29, 0.717) is 0 Å². The molecule has 9 nitrogen and oxygen atoms in total. The van der Waals surface area contributed by atoms with E-state index >= 15 is 0 Å². The maximum absolute atomic E-state index is 10.6. The van der Waals surface area contributed by atoms with E-state index in [1.165, 1.54) is 27.7 Å². The molecule has 18 heavy (non-hydrogen) atoms. The lowest BCUT2D eigenvalue weighted by Crippen LogP contribution is -2.37. The average Bonchev–Trinajstić information content (AvgIpc) is 2.23. The zero-order valence-corrected chi connectivity index (χ0v) is 11.5. The fourth-order valence-electron chi connectivity index (χ4n) is 0.569. The van der Waals surface area contributed by atoms with Crippen molar-refractivity contribution in [1.82, 2.24) is 0 Å². The number of nitro groups is 2. The first-order valence-electron chi connectivity index (χ1n) is 5.03. The lowest BCUT2D eigenvalue weighted by Gasteiger charge is -2.19. The highest BCUT2D eigenvalue weighted by Gasteiger charge is 2.35. The van der Waals surface area contributed by atoms with Gasteiger partial charge in [-0.25, -0.2) is 0 Å². The number of hydrogen-bond donors (Lipinski definition) is 1. The van der Waals surface area contributed by atoms with Crippen LogP contribution in [0.1, 0.15) is 27.7 Å². The van der Waals surface area contributed by atoms with Crippen LogP contribution in [-0.4, -0.2) is 39.0 Å². The maximum Gasteiger partial charge on any atom is 0.330 e. The summed E-state index contributed by atoms with van der Waals surface area (Å²) in [5.41, 5.74) is -2.71. The maximum atomic E-state index is 10.6. The summed E-state index contributed by atoms with van der Waals surface area (Å²) in [4.78, 5) is 29.3. The van der Waals surface area contributed by atoms with E-state index in [-0.39, 0.29) is 13.2 Å². The van der Waals surface area contributed by atoms with Gasteiger partial charge in [-0.1, -0.05) is 0 Å².